The number of piperidine rings is 1. The van der Waals surface area contributed by atoms with Gasteiger partial charge in [-0.1, -0.05) is 17.7 Å². The summed E-state index contributed by atoms with van der Waals surface area (Å²) in [7, 11) is 0. The van der Waals surface area contributed by atoms with Crippen molar-refractivity contribution in [3.8, 4) is 5.75 Å². The van der Waals surface area contributed by atoms with Crippen LogP contribution in [0.2, 0.25) is 5.02 Å². The van der Waals surface area contributed by atoms with Crippen molar-refractivity contribution in [1.29, 1.82) is 0 Å². The zero-order chi connectivity index (χ0) is 11.9. The largest absolute Gasteiger partial charge is 0.486 e. The highest BCUT2D eigenvalue weighted by molar-refractivity contribution is 6.30. The van der Waals surface area contributed by atoms with Gasteiger partial charge >= 0.3 is 0 Å². The monoisotopic (exact) mass is 251 g/mol. The average Bonchev–Trinajstić information content (AvgIpc) is 2.59. The fraction of sp³-hybridized carbons (Fsp3) is 0.571. The molecule has 3 heteroatoms. The highest BCUT2D eigenvalue weighted by Crippen LogP contribution is 2.37. The lowest BCUT2D eigenvalue weighted by Gasteiger charge is -2.35. The second-order valence-corrected chi connectivity index (χ2v) is 5.76. The normalized spacial score (nSPS) is 31.5. The van der Waals surface area contributed by atoms with Gasteiger partial charge in [0.05, 0.1) is 0 Å². The second kappa shape index (κ2) is 4.18. The Morgan fingerprint density at radius 3 is 3.06 bits per heavy atom. The van der Waals surface area contributed by atoms with E-state index in [1.54, 1.807) is 0 Å². The van der Waals surface area contributed by atoms with Crippen LogP contribution in [0.15, 0.2) is 18.2 Å². The lowest BCUT2D eigenvalue weighted by atomic mass is 9.94. The molecule has 0 aromatic heterocycles. The van der Waals surface area contributed by atoms with Crippen molar-refractivity contribution >= 4 is 11.6 Å². The number of rotatable bonds is 2. The zero-order valence-electron chi connectivity index (χ0n) is 10.2. The van der Waals surface area contributed by atoms with Gasteiger partial charge in [-0.3, -0.25) is 4.90 Å². The minimum Gasteiger partial charge on any atom is -0.486 e. The van der Waals surface area contributed by atoms with Crippen LogP contribution in [0.3, 0.4) is 0 Å². The molecular formula is C14H18ClNO. The predicted octanol–water partition coefficient (Wildman–Crippen LogP) is 3.27. The van der Waals surface area contributed by atoms with E-state index in [9.17, 15) is 0 Å². The number of hydrogen-bond donors (Lipinski definition) is 0. The van der Waals surface area contributed by atoms with Crippen LogP contribution in [0.5, 0.6) is 5.75 Å². The van der Waals surface area contributed by atoms with Crippen molar-refractivity contribution in [2.45, 2.75) is 31.8 Å². The van der Waals surface area contributed by atoms with E-state index in [0.29, 0.717) is 0 Å². The van der Waals surface area contributed by atoms with E-state index in [2.05, 4.69) is 11.8 Å². The lowest BCUT2D eigenvalue weighted by molar-refractivity contribution is 0.0446. The van der Waals surface area contributed by atoms with Crippen LogP contribution >= 0.6 is 11.6 Å². The van der Waals surface area contributed by atoms with Crippen molar-refractivity contribution in [3.05, 3.63) is 28.8 Å². The van der Waals surface area contributed by atoms with Gasteiger partial charge in [0, 0.05) is 24.5 Å². The Bertz CT molecular complexity index is 430. The summed E-state index contributed by atoms with van der Waals surface area (Å²) in [5.74, 6) is 0.959. The summed E-state index contributed by atoms with van der Waals surface area (Å²) >= 11 is 6.04. The van der Waals surface area contributed by atoms with Crippen LogP contribution in [-0.4, -0.2) is 30.1 Å². The van der Waals surface area contributed by atoms with Crippen molar-refractivity contribution in [2.24, 2.45) is 0 Å². The van der Waals surface area contributed by atoms with Gasteiger partial charge in [0.25, 0.3) is 0 Å². The molecule has 2 aliphatic rings. The molecule has 0 amide bonds. The molecule has 2 saturated heterocycles. The minimum atomic E-state index is 0.0493. The standard InChI is InChI=1S/C14H18ClNO/c1-11-3-4-12(15)9-13(11)17-14-5-2-7-16(10-14)8-6-14/h3-4,9H,2,5-8,10H2,1H3/t14-/m0/s1. The van der Waals surface area contributed by atoms with Gasteiger partial charge in [-0.2, -0.15) is 0 Å². The molecule has 0 spiro atoms. The number of nitrogens with zero attached hydrogens (tertiary/aromatic N) is 1. The molecule has 92 valence electrons. The molecule has 2 aliphatic heterocycles. The number of ether oxygens (including phenoxy) is 1. The quantitative estimate of drug-likeness (QED) is 0.800. The third-order valence-electron chi connectivity index (χ3n) is 3.98. The van der Waals surface area contributed by atoms with E-state index in [1.807, 2.05) is 18.2 Å². The summed E-state index contributed by atoms with van der Waals surface area (Å²) in [5, 5.41) is 0.757. The van der Waals surface area contributed by atoms with E-state index in [-0.39, 0.29) is 5.60 Å². The van der Waals surface area contributed by atoms with Gasteiger partial charge < -0.3 is 4.74 Å². The Kier molecular flexibility index (Phi) is 2.80. The van der Waals surface area contributed by atoms with Crippen molar-refractivity contribution in [3.63, 3.8) is 0 Å². The molecule has 0 aliphatic carbocycles. The summed E-state index contributed by atoms with van der Waals surface area (Å²) in [6.07, 6.45) is 3.58. The molecule has 2 bridgehead atoms. The molecular weight excluding hydrogens is 234 g/mol. The van der Waals surface area contributed by atoms with Crippen molar-refractivity contribution in [2.75, 3.05) is 19.6 Å². The molecule has 0 N–H and O–H groups in total. The van der Waals surface area contributed by atoms with E-state index in [1.165, 1.54) is 31.5 Å². The third kappa shape index (κ3) is 2.16. The topological polar surface area (TPSA) is 12.5 Å². The van der Waals surface area contributed by atoms with Gasteiger partial charge in [0.15, 0.2) is 0 Å². The smallest absolute Gasteiger partial charge is 0.124 e. The van der Waals surface area contributed by atoms with Gasteiger partial charge in [-0.15, -0.1) is 0 Å². The second-order valence-electron chi connectivity index (χ2n) is 5.32. The molecule has 1 aromatic carbocycles. The molecule has 2 heterocycles. The molecule has 1 unspecified atom stereocenters. The van der Waals surface area contributed by atoms with Crippen LogP contribution in [0.4, 0.5) is 0 Å². The molecule has 2 nitrogen and oxygen atoms in total. The van der Waals surface area contributed by atoms with Crippen molar-refractivity contribution in [1.82, 2.24) is 4.90 Å². The van der Waals surface area contributed by atoms with Crippen LogP contribution in [0, 0.1) is 6.92 Å². The molecule has 3 rings (SSSR count). The Balaban J connectivity index is 1.84. The number of halogens is 1. The fourth-order valence-corrected chi connectivity index (χ4v) is 3.16. The van der Waals surface area contributed by atoms with Crippen LogP contribution in [0.25, 0.3) is 0 Å². The van der Waals surface area contributed by atoms with Gasteiger partial charge in [-0.05, 0) is 44.0 Å². The fourth-order valence-electron chi connectivity index (χ4n) is 3.00. The highest BCUT2D eigenvalue weighted by atomic mass is 35.5. The summed E-state index contributed by atoms with van der Waals surface area (Å²) < 4.78 is 6.32. The molecule has 2 atom stereocenters. The first-order valence-electron chi connectivity index (χ1n) is 6.34. The molecule has 1 aromatic rings. The zero-order valence-corrected chi connectivity index (χ0v) is 11.0. The number of hydrogen-bond acceptors (Lipinski definition) is 2. The SMILES string of the molecule is Cc1ccc(Cl)cc1O[C@@]12CCCN(CC1)C2. The van der Waals surface area contributed by atoms with Crippen molar-refractivity contribution < 1.29 is 4.74 Å². The van der Waals surface area contributed by atoms with Crippen LogP contribution in [-0.2, 0) is 0 Å². The highest BCUT2D eigenvalue weighted by Gasteiger charge is 2.43. The van der Waals surface area contributed by atoms with Gasteiger partial charge in [0.1, 0.15) is 11.4 Å². The van der Waals surface area contributed by atoms with E-state index in [4.69, 9.17) is 16.3 Å². The third-order valence-corrected chi connectivity index (χ3v) is 4.21. The number of fused-ring (bicyclic) bond motifs is 2. The van der Waals surface area contributed by atoms with Gasteiger partial charge in [-0.25, -0.2) is 0 Å². The lowest BCUT2D eigenvalue weighted by Crippen LogP contribution is -2.43. The van der Waals surface area contributed by atoms with Gasteiger partial charge in [0.2, 0.25) is 0 Å². The molecule has 0 radical (unpaired) electrons. The Morgan fingerprint density at radius 1 is 1.29 bits per heavy atom. The summed E-state index contributed by atoms with van der Waals surface area (Å²) in [6, 6.07) is 5.90. The molecule has 0 saturated carbocycles. The van der Waals surface area contributed by atoms with E-state index < -0.39 is 0 Å². The van der Waals surface area contributed by atoms with E-state index in [0.717, 1.165) is 23.7 Å². The summed E-state index contributed by atoms with van der Waals surface area (Å²) in [4.78, 5) is 2.50. The summed E-state index contributed by atoms with van der Waals surface area (Å²) in [5.41, 5.74) is 1.22. The predicted molar refractivity (Wildman–Crippen MR) is 69.8 cm³/mol. The Labute approximate surface area is 108 Å². The Hall–Kier alpha value is -0.730. The Morgan fingerprint density at radius 2 is 2.18 bits per heavy atom. The molecule has 2 fully saturated rings. The van der Waals surface area contributed by atoms with E-state index >= 15 is 0 Å². The maximum atomic E-state index is 6.32. The van der Waals surface area contributed by atoms with Crippen LogP contribution in [0.1, 0.15) is 24.8 Å². The first-order valence-corrected chi connectivity index (χ1v) is 6.72. The maximum Gasteiger partial charge on any atom is 0.124 e. The average molecular weight is 252 g/mol. The summed E-state index contributed by atoms with van der Waals surface area (Å²) in [6.45, 7) is 5.58. The first kappa shape index (κ1) is 11.4. The first-order chi connectivity index (χ1) is 8.17. The maximum absolute atomic E-state index is 6.32. The van der Waals surface area contributed by atoms with Crippen LogP contribution < -0.4 is 4.74 Å². The number of aryl methyl sites for hydroxylation is 1. The number of benzene rings is 1. The minimum absolute atomic E-state index is 0.0493. The molecule has 17 heavy (non-hydrogen) atoms.